The van der Waals surface area contributed by atoms with E-state index in [4.69, 9.17) is 21.1 Å². The van der Waals surface area contributed by atoms with Crippen molar-refractivity contribution in [3.63, 3.8) is 0 Å². The van der Waals surface area contributed by atoms with Crippen molar-refractivity contribution in [2.24, 2.45) is 0 Å². The summed E-state index contributed by atoms with van der Waals surface area (Å²) in [5.74, 6) is 1.58. The molecule has 3 aromatic rings. The first-order valence-corrected chi connectivity index (χ1v) is 12.4. The van der Waals surface area contributed by atoms with Gasteiger partial charge in [0.1, 0.15) is 18.0 Å². The minimum atomic E-state index is -0.482. The van der Waals surface area contributed by atoms with Crippen molar-refractivity contribution >= 4 is 39.9 Å². The quantitative estimate of drug-likeness (QED) is 0.457. The second-order valence-corrected chi connectivity index (χ2v) is 9.50. The number of piperidine rings is 1. The van der Waals surface area contributed by atoms with Crippen LogP contribution >= 0.6 is 11.6 Å². The summed E-state index contributed by atoms with van der Waals surface area (Å²) >= 11 is 5.93. The van der Waals surface area contributed by atoms with Crippen LogP contribution in [0.25, 0.3) is 10.9 Å². The Hall–Kier alpha value is -3.13. The third kappa shape index (κ3) is 5.12. The lowest BCUT2D eigenvalue weighted by Crippen LogP contribution is -2.45. The Morgan fingerprint density at radius 1 is 1.09 bits per heavy atom. The lowest BCUT2D eigenvalue weighted by molar-refractivity contribution is -0.136. The van der Waals surface area contributed by atoms with Gasteiger partial charge in [-0.25, -0.2) is 14.4 Å². The van der Waals surface area contributed by atoms with Crippen molar-refractivity contribution in [1.29, 1.82) is 0 Å². The number of nitrogens with zero attached hydrogens (tertiary/aromatic N) is 3. The van der Waals surface area contributed by atoms with Crippen LogP contribution in [0.4, 0.5) is 15.9 Å². The van der Waals surface area contributed by atoms with E-state index in [0.29, 0.717) is 46.9 Å². The zero-order valence-corrected chi connectivity index (χ0v) is 20.4. The average Bonchev–Trinajstić information content (AvgIpc) is 2.87. The minimum absolute atomic E-state index is 0.0286. The zero-order valence-electron chi connectivity index (χ0n) is 19.6. The highest BCUT2D eigenvalue weighted by molar-refractivity contribution is 6.31. The Morgan fingerprint density at radius 2 is 1.91 bits per heavy atom. The molecule has 1 aromatic heterocycles. The van der Waals surface area contributed by atoms with Crippen molar-refractivity contribution in [1.82, 2.24) is 14.9 Å². The summed E-state index contributed by atoms with van der Waals surface area (Å²) in [4.78, 5) is 23.1. The molecule has 0 atom stereocenters. The molecule has 1 saturated carbocycles. The van der Waals surface area contributed by atoms with Gasteiger partial charge in [-0.05, 0) is 62.8 Å². The Morgan fingerprint density at radius 3 is 2.66 bits per heavy atom. The van der Waals surface area contributed by atoms with Crippen molar-refractivity contribution < 1.29 is 18.7 Å². The molecule has 35 heavy (non-hydrogen) atoms. The number of carbonyl (C=O) groups is 1. The summed E-state index contributed by atoms with van der Waals surface area (Å²) in [7, 11) is 1.60. The molecule has 1 aliphatic carbocycles. The Labute approximate surface area is 208 Å². The maximum Gasteiger partial charge on any atom is 0.222 e. The van der Waals surface area contributed by atoms with E-state index in [1.807, 2.05) is 12.1 Å². The van der Waals surface area contributed by atoms with Gasteiger partial charge in [0.15, 0.2) is 11.5 Å². The van der Waals surface area contributed by atoms with E-state index in [9.17, 15) is 9.18 Å². The summed E-state index contributed by atoms with van der Waals surface area (Å²) in [5.41, 5.74) is 1.30. The molecule has 2 heterocycles. The fourth-order valence-corrected chi connectivity index (χ4v) is 5.17. The van der Waals surface area contributed by atoms with Gasteiger partial charge in [-0.3, -0.25) is 4.79 Å². The first-order valence-electron chi connectivity index (χ1n) is 12.0. The van der Waals surface area contributed by atoms with Crippen LogP contribution in [0.1, 0.15) is 44.9 Å². The lowest BCUT2D eigenvalue weighted by atomic mass is 9.90. The number of rotatable bonds is 6. The number of ether oxygens (including phenoxy) is 2. The number of benzene rings is 2. The number of likely N-dealkylation sites (tertiary alicyclic amines) is 1. The van der Waals surface area contributed by atoms with Crippen LogP contribution in [0.3, 0.4) is 0 Å². The van der Waals surface area contributed by atoms with Gasteiger partial charge in [0.05, 0.1) is 23.8 Å². The lowest BCUT2D eigenvalue weighted by Gasteiger charge is -2.39. The van der Waals surface area contributed by atoms with Crippen molar-refractivity contribution in [3.8, 4) is 11.5 Å². The van der Waals surface area contributed by atoms with Crippen LogP contribution in [0.5, 0.6) is 11.5 Å². The van der Waals surface area contributed by atoms with Crippen LogP contribution < -0.4 is 14.8 Å². The van der Waals surface area contributed by atoms with Crippen LogP contribution in [-0.2, 0) is 4.79 Å². The van der Waals surface area contributed by atoms with Gasteiger partial charge >= 0.3 is 0 Å². The number of anilines is 2. The number of aromatic nitrogens is 2. The van der Waals surface area contributed by atoms with Crippen LogP contribution in [0.15, 0.2) is 36.7 Å². The molecule has 2 aromatic carbocycles. The maximum absolute atomic E-state index is 13.6. The molecule has 2 fully saturated rings. The summed E-state index contributed by atoms with van der Waals surface area (Å²) in [6, 6.07) is 8.43. The monoisotopic (exact) mass is 498 g/mol. The van der Waals surface area contributed by atoms with Crippen LogP contribution in [-0.4, -0.2) is 46.6 Å². The summed E-state index contributed by atoms with van der Waals surface area (Å²) in [5, 5.41) is 3.97. The summed E-state index contributed by atoms with van der Waals surface area (Å²) < 4.78 is 25.6. The van der Waals surface area contributed by atoms with Gasteiger partial charge in [-0.15, -0.1) is 0 Å². The number of methoxy groups -OCH3 is 1. The van der Waals surface area contributed by atoms with Crippen molar-refractivity contribution in [2.45, 2.75) is 57.1 Å². The number of nitrogens with one attached hydrogen (secondary N) is 1. The number of fused-ring (bicyclic) bond motifs is 1. The van der Waals surface area contributed by atoms with Crippen LogP contribution in [0, 0.1) is 5.82 Å². The first kappa shape index (κ1) is 23.6. The normalized spacial score (nSPS) is 20.7. The molecule has 0 bridgehead atoms. The highest BCUT2D eigenvalue weighted by Gasteiger charge is 2.31. The Bertz CT molecular complexity index is 1230. The van der Waals surface area contributed by atoms with Gasteiger partial charge in [0.2, 0.25) is 5.91 Å². The highest BCUT2D eigenvalue weighted by Crippen LogP contribution is 2.37. The van der Waals surface area contributed by atoms with E-state index < -0.39 is 5.82 Å². The molecule has 2 aliphatic rings. The second kappa shape index (κ2) is 10.2. The predicted octanol–water partition coefficient (Wildman–Crippen LogP) is 5.88. The molecule has 9 heteroatoms. The smallest absolute Gasteiger partial charge is 0.222 e. The third-order valence-electron chi connectivity index (χ3n) is 6.84. The minimum Gasteiger partial charge on any atom is -0.493 e. The fraction of sp³-hybridized carbons (Fsp3) is 0.423. The molecular weight excluding hydrogens is 471 g/mol. The van der Waals surface area contributed by atoms with Crippen molar-refractivity contribution in [2.75, 3.05) is 19.0 Å². The molecule has 0 spiro atoms. The van der Waals surface area contributed by atoms with Gasteiger partial charge in [-0.1, -0.05) is 11.6 Å². The van der Waals surface area contributed by atoms with E-state index in [-0.39, 0.29) is 11.1 Å². The van der Waals surface area contributed by atoms with Crippen molar-refractivity contribution in [3.05, 3.63) is 47.5 Å². The van der Waals surface area contributed by atoms with Gasteiger partial charge in [0, 0.05) is 36.1 Å². The number of hydrogen-bond acceptors (Lipinski definition) is 6. The molecule has 184 valence electrons. The molecule has 7 nitrogen and oxygen atoms in total. The second-order valence-electron chi connectivity index (χ2n) is 9.09. The maximum atomic E-state index is 13.6. The molecule has 1 amide bonds. The average molecular weight is 499 g/mol. The van der Waals surface area contributed by atoms with Gasteiger partial charge in [0.25, 0.3) is 0 Å². The molecule has 1 N–H and O–H groups in total. The van der Waals surface area contributed by atoms with E-state index >= 15 is 0 Å². The number of carbonyl (C=O) groups excluding carboxylic acids is 1. The third-order valence-corrected chi connectivity index (χ3v) is 7.13. The van der Waals surface area contributed by atoms with Gasteiger partial charge in [-0.2, -0.15) is 0 Å². The molecule has 0 unspecified atom stereocenters. The summed E-state index contributed by atoms with van der Waals surface area (Å²) in [6.07, 6.45) is 7.89. The SMILES string of the molecule is COc1cc2ncnc(Nc3ccc(F)c(Cl)c3)c2cc1OC1CCC(N2CCCCC2=O)CC1. The van der Waals surface area contributed by atoms with E-state index in [1.165, 1.54) is 18.5 Å². The molecule has 5 rings (SSSR count). The number of amides is 1. The number of halogens is 2. The van der Waals surface area contributed by atoms with E-state index in [2.05, 4.69) is 20.2 Å². The fourth-order valence-electron chi connectivity index (χ4n) is 4.99. The van der Waals surface area contributed by atoms with E-state index in [1.54, 1.807) is 13.2 Å². The predicted molar refractivity (Wildman–Crippen MR) is 133 cm³/mol. The molecular formula is C26H28ClFN4O3. The Kier molecular flexibility index (Phi) is 6.90. The van der Waals surface area contributed by atoms with Gasteiger partial charge < -0.3 is 19.7 Å². The number of hydrogen-bond donors (Lipinski definition) is 1. The molecule has 1 aliphatic heterocycles. The molecule has 1 saturated heterocycles. The standard InChI is InChI=1S/C26H28ClFN4O3/c1-34-23-14-22-19(26(30-15-29-22)31-16-5-10-21(28)20(27)12-16)13-24(23)35-18-8-6-17(7-9-18)32-11-3-2-4-25(32)33/h5,10,12-15,17-18H,2-4,6-9,11H2,1H3,(H,29,30,31). The Balaban J connectivity index is 1.34. The molecule has 0 radical (unpaired) electrons. The first-order chi connectivity index (χ1) is 17.0. The highest BCUT2D eigenvalue weighted by atomic mass is 35.5. The van der Waals surface area contributed by atoms with Crippen LogP contribution in [0.2, 0.25) is 5.02 Å². The van der Waals surface area contributed by atoms with E-state index in [0.717, 1.165) is 50.5 Å². The summed E-state index contributed by atoms with van der Waals surface area (Å²) in [6.45, 7) is 0.878. The topological polar surface area (TPSA) is 76.6 Å². The largest absolute Gasteiger partial charge is 0.493 e. The zero-order chi connectivity index (χ0) is 24.4.